The number of alkyl halides is 1. The molecule has 19 heavy (non-hydrogen) atoms. The monoisotopic (exact) mass is 345 g/mol. The van der Waals surface area contributed by atoms with Crippen LogP contribution in [0, 0.1) is 10.1 Å². The van der Waals surface area contributed by atoms with Crippen molar-refractivity contribution >= 4 is 33.2 Å². The van der Waals surface area contributed by atoms with Crippen molar-refractivity contribution in [1.29, 1.82) is 0 Å². The van der Waals surface area contributed by atoms with Gasteiger partial charge in [-0.25, -0.2) is 0 Å². The summed E-state index contributed by atoms with van der Waals surface area (Å²) in [6, 6.07) is 4.29. The fourth-order valence-corrected chi connectivity index (χ4v) is 1.83. The third-order valence-corrected chi connectivity index (χ3v) is 3.73. The lowest BCUT2D eigenvalue weighted by Gasteiger charge is -2.00. The van der Waals surface area contributed by atoms with E-state index in [2.05, 4.69) is 26.1 Å². The lowest BCUT2D eigenvalue weighted by molar-refractivity contribution is -0.384. The number of halogens is 2. The van der Waals surface area contributed by atoms with E-state index in [1.165, 1.54) is 12.1 Å². The number of hydrogen-bond donors (Lipinski definition) is 0. The molecule has 1 aromatic carbocycles. The molecule has 2 rings (SSSR count). The van der Waals surface area contributed by atoms with Crippen LogP contribution in [0.15, 0.2) is 22.6 Å². The SMILES string of the molecule is CCC(Br)c1nnc(-c2ccc(Cl)cc2[N+](=O)[O-])o1. The number of rotatable bonds is 4. The number of benzene rings is 1. The summed E-state index contributed by atoms with van der Waals surface area (Å²) in [6.45, 7) is 1.95. The fourth-order valence-electron chi connectivity index (χ4n) is 1.48. The largest absolute Gasteiger partial charge is 0.419 e. The standard InChI is InChI=1S/C11H9BrClN3O3/c1-2-8(12)11-15-14-10(19-11)7-4-3-6(13)5-9(7)16(17)18/h3-5,8H,2H2,1H3. The van der Waals surface area contributed by atoms with E-state index < -0.39 is 4.92 Å². The third kappa shape index (κ3) is 2.93. The van der Waals surface area contributed by atoms with Crippen molar-refractivity contribution in [3.05, 3.63) is 39.2 Å². The summed E-state index contributed by atoms with van der Waals surface area (Å²) in [7, 11) is 0. The molecule has 0 amide bonds. The Morgan fingerprint density at radius 2 is 2.26 bits per heavy atom. The zero-order valence-corrected chi connectivity index (χ0v) is 12.2. The van der Waals surface area contributed by atoms with Crippen molar-refractivity contribution in [2.45, 2.75) is 18.2 Å². The van der Waals surface area contributed by atoms with Crippen LogP contribution in [0.5, 0.6) is 0 Å². The quantitative estimate of drug-likeness (QED) is 0.472. The van der Waals surface area contributed by atoms with Crippen molar-refractivity contribution in [2.75, 3.05) is 0 Å². The normalized spacial score (nSPS) is 12.4. The van der Waals surface area contributed by atoms with Crippen molar-refractivity contribution < 1.29 is 9.34 Å². The first-order valence-corrected chi connectivity index (χ1v) is 6.74. The zero-order valence-electron chi connectivity index (χ0n) is 9.84. The minimum absolute atomic E-state index is 0.0693. The van der Waals surface area contributed by atoms with Crippen LogP contribution >= 0.6 is 27.5 Å². The first-order chi connectivity index (χ1) is 9.02. The van der Waals surface area contributed by atoms with Gasteiger partial charge in [-0.2, -0.15) is 0 Å². The fraction of sp³-hybridized carbons (Fsp3) is 0.273. The van der Waals surface area contributed by atoms with Crippen LogP contribution in [0.25, 0.3) is 11.5 Å². The molecule has 1 aromatic heterocycles. The molecule has 0 spiro atoms. The van der Waals surface area contributed by atoms with E-state index in [1.807, 2.05) is 6.92 Å². The van der Waals surface area contributed by atoms with Crippen LogP contribution < -0.4 is 0 Å². The van der Waals surface area contributed by atoms with Gasteiger partial charge >= 0.3 is 0 Å². The highest BCUT2D eigenvalue weighted by atomic mass is 79.9. The Bertz CT molecular complexity index is 617. The Morgan fingerprint density at radius 3 is 2.89 bits per heavy atom. The minimum Gasteiger partial charge on any atom is -0.419 e. The summed E-state index contributed by atoms with van der Waals surface area (Å²) < 4.78 is 5.44. The lowest BCUT2D eigenvalue weighted by Crippen LogP contribution is -1.92. The Labute approximate surface area is 122 Å². The summed E-state index contributed by atoms with van der Waals surface area (Å²) >= 11 is 9.13. The molecule has 100 valence electrons. The molecule has 6 nitrogen and oxygen atoms in total. The maximum absolute atomic E-state index is 11.0. The predicted octanol–water partition coefficient (Wildman–Crippen LogP) is 4.14. The van der Waals surface area contributed by atoms with Gasteiger partial charge in [0.2, 0.25) is 5.89 Å². The van der Waals surface area contributed by atoms with Crippen LogP contribution in [0.3, 0.4) is 0 Å². The maximum atomic E-state index is 11.0. The van der Waals surface area contributed by atoms with E-state index in [0.29, 0.717) is 5.89 Å². The molecular formula is C11H9BrClN3O3. The number of nitro groups is 1. The summed E-state index contributed by atoms with van der Waals surface area (Å²) in [5, 5.41) is 19.0. The van der Waals surface area contributed by atoms with Crippen molar-refractivity contribution in [3.63, 3.8) is 0 Å². The van der Waals surface area contributed by atoms with E-state index in [0.717, 1.165) is 6.42 Å². The average Bonchev–Trinajstić information content (AvgIpc) is 2.87. The van der Waals surface area contributed by atoms with Gasteiger partial charge in [0.25, 0.3) is 11.6 Å². The Morgan fingerprint density at radius 1 is 1.53 bits per heavy atom. The second kappa shape index (κ2) is 5.66. The molecule has 1 heterocycles. The van der Waals surface area contributed by atoms with Crippen molar-refractivity contribution in [2.24, 2.45) is 0 Å². The molecule has 0 fully saturated rings. The topological polar surface area (TPSA) is 82.1 Å². The molecule has 0 aliphatic rings. The van der Waals surface area contributed by atoms with Crippen LogP contribution in [0.1, 0.15) is 24.1 Å². The molecular weight excluding hydrogens is 337 g/mol. The second-order valence-electron chi connectivity index (χ2n) is 3.74. The highest BCUT2D eigenvalue weighted by molar-refractivity contribution is 9.09. The van der Waals surface area contributed by atoms with E-state index in [-0.39, 0.29) is 27.0 Å². The number of hydrogen-bond acceptors (Lipinski definition) is 5. The van der Waals surface area contributed by atoms with Crippen molar-refractivity contribution in [1.82, 2.24) is 10.2 Å². The molecule has 0 N–H and O–H groups in total. The molecule has 0 bridgehead atoms. The molecule has 2 aromatic rings. The number of nitrogens with zero attached hydrogens (tertiary/aromatic N) is 3. The highest BCUT2D eigenvalue weighted by Gasteiger charge is 2.22. The molecule has 0 radical (unpaired) electrons. The Hall–Kier alpha value is -1.47. The van der Waals surface area contributed by atoms with Gasteiger partial charge in [0.1, 0.15) is 5.56 Å². The van der Waals surface area contributed by atoms with Crippen LogP contribution in [0.4, 0.5) is 5.69 Å². The molecule has 8 heteroatoms. The Kier molecular flexibility index (Phi) is 4.16. The molecule has 0 saturated carbocycles. The number of aromatic nitrogens is 2. The van der Waals surface area contributed by atoms with Gasteiger partial charge in [0.15, 0.2) is 0 Å². The summed E-state index contributed by atoms with van der Waals surface area (Å²) in [5.41, 5.74) is 0.0919. The van der Waals surface area contributed by atoms with E-state index in [4.69, 9.17) is 16.0 Å². The first kappa shape index (κ1) is 14.0. The van der Waals surface area contributed by atoms with Gasteiger partial charge in [-0.15, -0.1) is 10.2 Å². The second-order valence-corrected chi connectivity index (χ2v) is 5.28. The average molecular weight is 347 g/mol. The van der Waals surface area contributed by atoms with Crippen LogP contribution in [-0.2, 0) is 0 Å². The first-order valence-electron chi connectivity index (χ1n) is 5.44. The van der Waals surface area contributed by atoms with E-state index >= 15 is 0 Å². The zero-order chi connectivity index (χ0) is 14.0. The smallest absolute Gasteiger partial charge is 0.283 e. The van der Waals surface area contributed by atoms with Crippen LogP contribution in [-0.4, -0.2) is 15.1 Å². The van der Waals surface area contributed by atoms with Gasteiger partial charge in [0.05, 0.1) is 9.75 Å². The molecule has 0 aliphatic heterocycles. The molecule has 0 aliphatic carbocycles. The van der Waals surface area contributed by atoms with Gasteiger partial charge in [-0.3, -0.25) is 10.1 Å². The summed E-state index contributed by atoms with van der Waals surface area (Å²) in [4.78, 5) is 10.4. The predicted molar refractivity (Wildman–Crippen MR) is 73.4 cm³/mol. The highest BCUT2D eigenvalue weighted by Crippen LogP contribution is 2.33. The van der Waals surface area contributed by atoms with Gasteiger partial charge in [0, 0.05) is 11.1 Å². The van der Waals surface area contributed by atoms with Gasteiger partial charge in [-0.1, -0.05) is 34.5 Å². The molecule has 0 saturated heterocycles. The molecule has 1 unspecified atom stereocenters. The Balaban J connectivity index is 2.47. The van der Waals surface area contributed by atoms with Gasteiger partial charge in [-0.05, 0) is 18.6 Å². The van der Waals surface area contributed by atoms with Crippen LogP contribution in [0.2, 0.25) is 5.02 Å². The molecule has 1 atom stereocenters. The van der Waals surface area contributed by atoms with Gasteiger partial charge < -0.3 is 4.42 Å². The maximum Gasteiger partial charge on any atom is 0.283 e. The third-order valence-electron chi connectivity index (χ3n) is 2.45. The van der Waals surface area contributed by atoms with E-state index in [9.17, 15) is 10.1 Å². The minimum atomic E-state index is -0.531. The summed E-state index contributed by atoms with van der Waals surface area (Å²) in [6.07, 6.45) is 0.768. The van der Waals surface area contributed by atoms with Crippen molar-refractivity contribution in [3.8, 4) is 11.5 Å². The lowest BCUT2D eigenvalue weighted by atomic mass is 10.2. The summed E-state index contributed by atoms with van der Waals surface area (Å²) in [5.74, 6) is 0.498. The number of nitro benzene ring substituents is 1. The van der Waals surface area contributed by atoms with E-state index in [1.54, 1.807) is 6.07 Å².